The molecule has 3 fully saturated rings. The molecule has 1 aromatic carbocycles. The van der Waals surface area contributed by atoms with Crippen LogP contribution in [0.25, 0.3) is 0 Å². The van der Waals surface area contributed by atoms with Gasteiger partial charge in [-0.15, -0.1) is 0 Å². The quantitative estimate of drug-likeness (QED) is 0.839. The Bertz CT molecular complexity index is 598. The molecule has 1 heterocycles. The van der Waals surface area contributed by atoms with Crippen molar-refractivity contribution < 1.29 is 14.3 Å². The van der Waals surface area contributed by atoms with Gasteiger partial charge in [-0.1, -0.05) is 31.0 Å². The summed E-state index contributed by atoms with van der Waals surface area (Å²) in [4.78, 5) is 28.5. The largest absolute Gasteiger partial charge is 0.415 e. The lowest BCUT2D eigenvalue weighted by atomic mass is 10.0. The minimum Gasteiger partial charge on any atom is -0.410 e. The summed E-state index contributed by atoms with van der Waals surface area (Å²) in [5.74, 6) is 2.45. The van der Waals surface area contributed by atoms with Gasteiger partial charge in [-0.25, -0.2) is 4.79 Å². The molecule has 2 atom stereocenters. The molecule has 0 radical (unpaired) electrons. The number of hydrogen-bond donors (Lipinski definition) is 0. The molecule has 1 saturated heterocycles. The van der Waals surface area contributed by atoms with E-state index < -0.39 is 0 Å². The number of carbonyl (C=O) groups is 2. The zero-order valence-corrected chi connectivity index (χ0v) is 13.9. The molecule has 24 heavy (non-hydrogen) atoms. The van der Waals surface area contributed by atoms with Gasteiger partial charge in [0.25, 0.3) is 0 Å². The van der Waals surface area contributed by atoms with Crippen molar-refractivity contribution >= 4 is 12.0 Å². The Kier molecular flexibility index (Phi) is 4.17. The highest BCUT2D eigenvalue weighted by Gasteiger charge is 2.55. The minimum atomic E-state index is -0.326. The molecule has 0 aromatic heterocycles. The number of ether oxygens (including phenoxy) is 1. The molecular weight excluding hydrogens is 304 g/mol. The number of hydrogen-bond acceptors (Lipinski definition) is 3. The summed E-state index contributed by atoms with van der Waals surface area (Å²) < 4.78 is 5.37. The Hall–Kier alpha value is -2.04. The normalized spacial score (nSPS) is 28.9. The Balaban J connectivity index is 1.27. The third kappa shape index (κ3) is 2.99. The zero-order valence-electron chi connectivity index (χ0n) is 13.9. The van der Waals surface area contributed by atoms with Gasteiger partial charge in [0.2, 0.25) is 5.91 Å². The number of para-hydroxylation sites is 1. The lowest BCUT2D eigenvalue weighted by molar-refractivity contribution is -0.134. The van der Waals surface area contributed by atoms with Gasteiger partial charge >= 0.3 is 6.09 Å². The molecule has 5 heteroatoms. The maximum atomic E-state index is 12.7. The molecule has 1 aliphatic heterocycles. The summed E-state index contributed by atoms with van der Waals surface area (Å²) in [6, 6.07) is 9.11. The van der Waals surface area contributed by atoms with Gasteiger partial charge < -0.3 is 14.5 Å². The Labute approximate surface area is 142 Å². The minimum absolute atomic E-state index is 0.273. The van der Waals surface area contributed by atoms with Crippen LogP contribution in [-0.4, -0.2) is 48.0 Å². The van der Waals surface area contributed by atoms with Crippen LogP contribution in [0.15, 0.2) is 30.3 Å². The fourth-order valence-electron chi connectivity index (χ4n) is 4.33. The van der Waals surface area contributed by atoms with Crippen LogP contribution in [0, 0.1) is 17.8 Å². The second kappa shape index (κ2) is 6.46. The van der Waals surface area contributed by atoms with Crippen LogP contribution in [0.2, 0.25) is 0 Å². The van der Waals surface area contributed by atoms with E-state index in [9.17, 15) is 9.59 Å². The summed E-state index contributed by atoms with van der Waals surface area (Å²) in [7, 11) is 0. The third-order valence-corrected chi connectivity index (χ3v) is 5.74. The van der Waals surface area contributed by atoms with Crippen molar-refractivity contribution in [3.05, 3.63) is 30.3 Å². The van der Waals surface area contributed by atoms with Gasteiger partial charge in [0.1, 0.15) is 5.75 Å². The van der Waals surface area contributed by atoms with Gasteiger partial charge in [0.15, 0.2) is 0 Å². The van der Waals surface area contributed by atoms with Crippen molar-refractivity contribution in [1.29, 1.82) is 0 Å². The SMILES string of the molecule is O=C(Oc1ccccc1)N1CCN(C(=O)C2[C@H]3CCCC[C@H]23)CC1. The van der Waals surface area contributed by atoms with E-state index in [0.29, 0.717) is 49.7 Å². The van der Waals surface area contributed by atoms with E-state index in [1.165, 1.54) is 25.7 Å². The first kappa shape index (κ1) is 15.5. The lowest BCUT2D eigenvalue weighted by Crippen LogP contribution is -2.51. The standard InChI is InChI=1S/C19H24N2O3/c22-18(17-15-8-4-5-9-16(15)17)20-10-12-21(13-11-20)19(23)24-14-6-2-1-3-7-14/h1-3,6-7,15-17H,4-5,8-13H2/t15-,16-/m0/s1. The highest BCUT2D eigenvalue weighted by atomic mass is 16.6. The van der Waals surface area contributed by atoms with Gasteiger partial charge in [-0.3, -0.25) is 4.79 Å². The van der Waals surface area contributed by atoms with Crippen LogP contribution in [0.4, 0.5) is 4.79 Å². The van der Waals surface area contributed by atoms with Crippen LogP contribution >= 0.6 is 0 Å². The second-order valence-electron chi connectivity index (χ2n) is 7.13. The van der Waals surface area contributed by atoms with E-state index in [2.05, 4.69) is 0 Å². The highest BCUT2D eigenvalue weighted by molar-refractivity contribution is 5.83. The molecule has 0 N–H and O–H groups in total. The first-order valence-corrected chi connectivity index (χ1v) is 9.04. The molecule has 2 amide bonds. The molecular formula is C19H24N2O3. The Morgan fingerprint density at radius 3 is 2.08 bits per heavy atom. The fourth-order valence-corrected chi connectivity index (χ4v) is 4.33. The third-order valence-electron chi connectivity index (χ3n) is 5.74. The maximum Gasteiger partial charge on any atom is 0.415 e. The van der Waals surface area contributed by atoms with Crippen molar-refractivity contribution in [3.8, 4) is 5.75 Å². The van der Waals surface area contributed by atoms with E-state index in [1.807, 2.05) is 23.1 Å². The molecule has 2 aliphatic carbocycles. The first-order chi connectivity index (χ1) is 11.7. The smallest absolute Gasteiger partial charge is 0.410 e. The van der Waals surface area contributed by atoms with Gasteiger partial charge in [0, 0.05) is 32.1 Å². The lowest BCUT2D eigenvalue weighted by Gasteiger charge is -2.34. The molecule has 3 aliphatic rings. The molecule has 0 spiro atoms. The second-order valence-corrected chi connectivity index (χ2v) is 7.13. The molecule has 0 bridgehead atoms. The van der Waals surface area contributed by atoms with Gasteiger partial charge in [0.05, 0.1) is 0 Å². The molecule has 128 valence electrons. The molecule has 2 saturated carbocycles. The highest BCUT2D eigenvalue weighted by Crippen LogP contribution is 2.56. The van der Waals surface area contributed by atoms with E-state index in [1.54, 1.807) is 17.0 Å². The summed E-state index contributed by atoms with van der Waals surface area (Å²) in [6.07, 6.45) is 4.69. The molecule has 5 nitrogen and oxygen atoms in total. The topological polar surface area (TPSA) is 49.9 Å². The van der Waals surface area contributed by atoms with E-state index in [4.69, 9.17) is 4.74 Å². The van der Waals surface area contributed by atoms with Crippen LogP contribution in [0.3, 0.4) is 0 Å². The van der Waals surface area contributed by atoms with E-state index in [0.717, 1.165) is 0 Å². The van der Waals surface area contributed by atoms with Crippen LogP contribution in [-0.2, 0) is 4.79 Å². The average molecular weight is 328 g/mol. The number of fused-ring (bicyclic) bond motifs is 1. The van der Waals surface area contributed by atoms with Crippen molar-refractivity contribution in [2.75, 3.05) is 26.2 Å². The van der Waals surface area contributed by atoms with Crippen molar-refractivity contribution in [2.45, 2.75) is 25.7 Å². The summed E-state index contributed by atoms with van der Waals surface area (Å²) >= 11 is 0. The first-order valence-electron chi connectivity index (χ1n) is 9.04. The monoisotopic (exact) mass is 328 g/mol. The van der Waals surface area contributed by atoms with Gasteiger partial charge in [-0.2, -0.15) is 0 Å². The van der Waals surface area contributed by atoms with Crippen LogP contribution in [0.5, 0.6) is 5.75 Å². The number of rotatable bonds is 2. The molecule has 1 aromatic rings. The number of benzene rings is 1. The number of nitrogens with zero attached hydrogens (tertiary/aromatic N) is 2. The van der Waals surface area contributed by atoms with E-state index in [-0.39, 0.29) is 12.0 Å². The number of carbonyl (C=O) groups excluding carboxylic acids is 2. The fraction of sp³-hybridized carbons (Fsp3) is 0.579. The van der Waals surface area contributed by atoms with E-state index >= 15 is 0 Å². The molecule has 0 unspecified atom stereocenters. The summed E-state index contributed by atoms with van der Waals surface area (Å²) in [5, 5.41) is 0. The zero-order chi connectivity index (χ0) is 16.5. The van der Waals surface area contributed by atoms with Gasteiger partial charge in [-0.05, 0) is 36.8 Å². The van der Waals surface area contributed by atoms with Crippen molar-refractivity contribution in [2.24, 2.45) is 17.8 Å². The predicted octanol–water partition coefficient (Wildman–Crippen LogP) is 2.77. The van der Waals surface area contributed by atoms with Crippen LogP contribution in [0.1, 0.15) is 25.7 Å². The maximum absolute atomic E-state index is 12.7. The van der Waals surface area contributed by atoms with Crippen molar-refractivity contribution in [3.63, 3.8) is 0 Å². The van der Waals surface area contributed by atoms with Crippen LogP contribution < -0.4 is 4.74 Å². The average Bonchev–Trinajstić information content (AvgIpc) is 3.36. The summed E-state index contributed by atoms with van der Waals surface area (Å²) in [6.45, 7) is 2.36. The molecule has 4 rings (SSSR count). The van der Waals surface area contributed by atoms with Crippen molar-refractivity contribution in [1.82, 2.24) is 9.80 Å². The number of amides is 2. The Morgan fingerprint density at radius 1 is 0.875 bits per heavy atom. The summed E-state index contributed by atoms with van der Waals surface area (Å²) in [5.41, 5.74) is 0. The Morgan fingerprint density at radius 2 is 1.46 bits per heavy atom. The predicted molar refractivity (Wildman–Crippen MR) is 89.6 cm³/mol. The number of piperazine rings is 1.